The fourth-order valence-electron chi connectivity index (χ4n) is 1.77. The predicted octanol–water partition coefficient (Wildman–Crippen LogP) is 4.26. The van der Waals surface area contributed by atoms with Gasteiger partial charge in [0.15, 0.2) is 0 Å². The van der Waals surface area contributed by atoms with Gasteiger partial charge in [-0.1, -0.05) is 18.2 Å². The summed E-state index contributed by atoms with van der Waals surface area (Å²) in [6.07, 6.45) is -7.72. The van der Waals surface area contributed by atoms with Crippen molar-refractivity contribution in [3.8, 4) is 0 Å². The van der Waals surface area contributed by atoms with E-state index in [2.05, 4.69) is 5.32 Å². The average molecular weight is 325 g/mol. The standard InChI is InChI=1S/C14H13F6NO/c1-9(22)21-8-3-2-5-10-11(13(15,16)17)6-4-7-12(10)14(18,19)20/h2,4-7H,3,8H2,1H3,(H,21,22). The Kier molecular flexibility index (Phi) is 5.62. The fourth-order valence-corrected chi connectivity index (χ4v) is 1.77. The molecule has 0 saturated heterocycles. The van der Waals surface area contributed by atoms with E-state index in [1.165, 1.54) is 6.92 Å². The third-order valence-electron chi connectivity index (χ3n) is 2.69. The Morgan fingerprint density at radius 1 is 1.09 bits per heavy atom. The molecule has 0 atom stereocenters. The fraction of sp³-hybridized carbons (Fsp3) is 0.357. The second-order valence-electron chi connectivity index (χ2n) is 4.44. The van der Waals surface area contributed by atoms with Crippen LogP contribution in [0.2, 0.25) is 0 Å². The molecule has 0 aliphatic rings. The van der Waals surface area contributed by atoms with Crippen LogP contribution in [0.3, 0.4) is 0 Å². The molecule has 2 nitrogen and oxygen atoms in total. The van der Waals surface area contributed by atoms with Crippen molar-refractivity contribution in [2.75, 3.05) is 6.54 Å². The molecule has 0 fully saturated rings. The van der Waals surface area contributed by atoms with Crippen molar-refractivity contribution in [2.24, 2.45) is 0 Å². The minimum absolute atomic E-state index is 0.114. The number of carbonyl (C=O) groups is 1. The molecule has 0 saturated carbocycles. The molecule has 0 unspecified atom stereocenters. The largest absolute Gasteiger partial charge is 0.417 e. The molecule has 0 aliphatic carbocycles. The van der Waals surface area contributed by atoms with Crippen LogP contribution in [0.25, 0.3) is 6.08 Å². The molecular formula is C14H13F6NO. The number of carbonyl (C=O) groups excluding carboxylic acids is 1. The van der Waals surface area contributed by atoms with Crippen molar-refractivity contribution in [3.63, 3.8) is 0 Å². The van der Waals surface area contributed by atoms with E-state index in [0.29, 0.717) is 12.1 Å². The van der Waals surface area contributed by atoms with E-state index in [4.69, 9.17) is 0 Å². The zero-order valence-electron chi connectivity index (χ0n) is 11.5. The van der Waals surface area contributed by atoms with Gasteiger partial charge in [-0.05, 0) is 24.1 Å². The summed E-state index contributed by atoms with van der Waals surface area (Å²) in [4.78, 5) is 10.6. The van der Waals surface area contributed by atoms with Gasteiger partial charge in [-0.15, -0.1) is 0 Å². The normalized spacial score (nSPS) is 12.7. The maximum Gasteiger partial charge on any atom is 0.417 e. The maximum absolute atomic E-state index is 12.8. The van der Waals surface area contributed by atoms with Crippen LogP contribution in [-0.4, -0.2) is 12.5 Å². The van der Waals surface area contributed by atoms with Gasteiger partial charge in [0.25, 0.3) is 0 Å². The van der Waals surface area contributed by atoms with E-state index in [1.54, 1.807) is 0 Å². The van der Waals surface area contributed by atoms with E-state index >= 15 is 0 Å². The number of hydrogen-bond donors (Lipinski definition) is 1. The van der Waals surface area contributed by atoms with Gasteiger partial charge in [-0.2, -0.15) is 26.3 Å². The monoisotopic (exact) mass is 325 g/mol. The number of rotatable bonds is 4. The van der Waals surface area contributed by atoms with Crippen LogP contribution < -0.4 is 5.32 Å². The summed E-state index contributed by atoms with van der Waals surface area (Å²) in [6, 6.07) is 1.92. The summed E-state index contributed by atoms with van der Waals surface area (Å²) in [5, 5.41) is 2.39. The molecule has 22 heavy (non-hydrogen) atoms. The molecule has 8 heteroatoms. The molecule has 1 aromatic rings. The lowest BCUT2D eigenvalue weighted by Crippen LogP contribution is -2.20. The van der Waals surface area contributed by atoms with Crippen LogP contribution in [0.15, 0.2) is 24.3 Å². The van der Waals surface area contributed by atoms with E-state index in [0.717, 1.165) is 18.2 Å². The molecule has 0 radical (unpaired) electrons. The van der Waals surface area contributed by atoms with Gasteiger partial charge < -0.3 is 5.32 Å². The second kappa shape index (κ2) is 6.85. The summed E-state index contributed by atoms with van der Waals surface area (Å²) < 4.78 is 77.0. The van der Waals surface area contributed by atoms with Crippen molar-refractivity contribution in [1.82, 2.24) is 5.32 Å². The zero-order chi connectivity index (χ0) is 17.0. The van der Waals surface area contributed by atoms with Gasteiger partial charge in [-0.3, -0.25) is 4.79 Å². The molecule has 1 amide bonds. The minimum atomic E-state index is -4.89. The minimum Gasteiger partial charge on any atom is -0.356 e. The van der Waals surface area contributed by atoms with E-state index in [-0.39, 0.29) is 18.9 Å². The summed E-state index contributed by atoms with van der Waals surface area (Å²) in [7, 11) is 0. The van der Waals surface area contributed by atoms with Gasteiger partial charge in [0.05, 0.1) is 11.1 Å². The lowest BCUT2D eigenvalue weighted by Gasteiger charge is -2.16. The van der Waals surface area contributed by atoms with Gasteiger partial charge in [0, 0.05) is 13.5 Å². The molecule has 0 heterocycles. The van der Waals surface area contributed by atoms with Crippen molar-refractivity contribution in [2.45, 2.75) is 25.7 Å². The lowest BCUT2D eigenvalue weighted by molar-refractivity contribution is -0.143. The predicted molar refractivity (Wildman–Crippen MR) is 68.8 cm³/mol. The third-order valence-corrected chi connectivity index (χ3v) is 2.69. The second-order valence-corrected chi connectivity index (χ2v) is 4.44. The van der Waals surface area contributed by atoms with Crippen molar-refractivity contribution in [1.29, 1.82) is 0 Å². The van der Waals surface area contributed by atoms with Crippen LogP contribution in [0, 0.1) is 0 Å². The molecule has 0 aromatic heterocycles. The number of hydrogen-bond acceptors (Lipinski definition) is 1. The highest BCUT2D eigenvalue weighted by Gasteiger charge is 2.39. The first-order valence-electron chi connectivity index (χ1n) is 6.22. The summed E-state index contributed by atoms with van der Waals surface area (Å²) >= 11 is 0. The van der Waals surface area contributed by atoms with Crippen molar-refractivity contribution < 1.29 is 31.1 Å². The van der Waals surface area contributed by atoms with Crippen LogP contribution in [0.1, 0.15) is 30.0 Å². The molecule has 122 valence electrons. The van der Waals surface area contributed by atoms with Crippen LogP contribution in [0.5, 0.6) is 0 Å². The molecule has 1 aromatic carbocycles. The molecule has 0 bridgehead atoms. The Hall–Kier alpha value is -1.99. The molecule has 0 aliphatic heterocycles. The summed E-state index contributed by atoms with van der Waals surface area (Å²) in [5.74, 6) is -0.333. The Morgan fingerprint density at radius 3 is 2.00 bits per heavy atom. The van der Waals surface area contributed by atoms with Crippen LogP contribution in [-0.2, 0) is 17.1 Å². The van der Waals surface area contributed by atoms with Crippen molar-refractivity contribution >= 4 is 12.0 Å². The number of alkyl halides is 6. The molecule has 0 spiro atoms. The SMILES string of the molecule is CC(=O)NCCC=Cc1c(C(F)(F)F)cccc1C(F)(F)F. The highest BCUT2D eigenvalue weighted by Crippen LogP contribution is 2.39. The van der Waals surface area contributed by atoms with Crippen LogP contribution >= 0.6 is 0 Å². The van der Waals surface area contributed by atoms with Gasteiger partial charge in [-0.25, -0.2) is 0 Å². The third kappa shape index (κ3) is 5.09. The van der Waals surface area contributed by atoms with E-state index in [9.17, 15) is 31.1 Å². The van der Waals surface area contributed by atoms with Crippen molar-refractivity contribution in [3.05, 3.63) is 41.0 Å². The quantitative estimate of drug-likeness (QED) is 0.650. The average Bonchev–Trinajstić information content (AvgIpc) is 2.35. The van der Waals surface area contributed by atoms with Gasteiger partial charge in [0.2, 0.25) is 5.91 Å². The summed E-state index contributed by atoms with van der Waals surface area (Å²) in [5.41, 5.74) is -3.62. The zero-order valence-corrected chi connectivity index (χ0v) is 11.5. The molecular weight excluding hydrogens is 312 g/mol. The van der Waals surface area contributed by atoms with E-state index in [1.807, 2.05) is 0 Å². The Bertz CT molecular complexity index is 527. The molecule has 1 rings (SSSR count). The topological polar surface area (TPSA) is 29.1 Å². The summed E-state index contributed by atoms with van der Waals surface area (Å²) in [6.45, 7) is 1.38. The number of nitrogens with one attached hydrogen (secondary N) is 1. The first-order valence-corrected chi connectivity index (χ1v) is 6.22. The van der Waals surface area contributed by atoms with Gasteiger partial charge in [0.1, 0.15) is 0 Å². The number of halogens is 6. The van der Waals surface area contributed by atoms with Gasteiger partial charge >= 0.3 is 12.4 Å². The highest BCUT2D eigenvalue weighted by molar-refractivity contribution is 5.72. The van der Waals surface area contributed by atoms with E-state index < -0.39 is 29.0 Å². The smallest absolute Gasteiger partial charge is 0.356 e. The number of amides is 1. The lowest BCUT2D eigenvalue weighted by atomic mass is 9.99. The maximum atomic E-state index is 12.8. The molecule has 1 N–H and O–H groups in total. The Morgan fingerprint density at radius 2 is 1.59 bits per heavy atom. The number of benzene rings is 1. The highest BCUT2D eigenvalue weighted by atomic mass is 19.4. The Balaban J connectivity index is 3.13. The van der Waals surface area contributed by atoms with Crippen LogP contribution in [0.4, 0.5) is 26.3 Å². The Labute approximate surface area is 122 Å². The first-order chi connectivity index (χ1) is 10.0. The first kappa shape index (κ1) is 18.1.